The summed E-state index contributed by atoms with van der Waals surface area (Å²) < 4.78 is 5.96. The summed E-state index contributed by atoms with van der Waals surface area (Å²) in [5, 5.41) is 10.9. The SMILES string of the molecule is COc1cccnc1C(O)c1cc(Cl)ccc1Br. The Morgan fingerprint density at radius 3 is 2.89 bits per heavy atom. The molecule has 0 spiro atoms. The molecule has 94 valence electrons. The van der Waals surface area contributed by atoms with E-state index in [9.17, 15) is 5.11 Å². The summed E-state index contributed by atoms with van der Waals surface area (Å²) >= 11 is 9.33. The summed E-state index contributed by atoms with van der Waals surface area (Å²) in [4.78, 5) is 4.16. The smallest absolute Gasteiger partial charge is 0.143 e. The average molecular weight is 329 g/mol. The van der Waals surface area contributed by atoms with Crippen molar-refractivity contribution in [3.8, 4) is 5.75 Å². The number of benzene rings is 1. The average Bonchev–Trinajstić information content (AvgIpc) is 2.40. The molecule has 1 heterocycles. The van der Waals surface area contributed by atoms with E-state index in [0.29, 0.717) is 22.0 Å². The van der Waals surface area contributed by atoms with E-state index < -0.39 is 6.10 Å². The maximum absolute atomic E-state index is 10.4. The molecule has 1 N–H and O–H groups in total. The van der Waals surface area contributed by atoms with Crippen LogP contribution < -0.4 is 4.74 Å². The van der Waals surface area contributed by atoms with Gasteiger partial charge in [0.25, 0.3) is 0 Å². The van der Waals surface area contributed by atoms with Crippen molar-refractivity contribution in [3.63, 3.8) is 0 Å². The van der Waals surface area contributed by atoms with Gasteiger partial charge in [-0.3, -0.25) is 4.98 Å². The zero-order valence-corrected chi connectivity index (χ0v) is 11.9. The van der Waals surface area contributed by atoms with Gasteiger partial charge >= 0.3 is 0 Å². The van der Waals surface area contributed by atoms with Gasteiger partial charge in [-0.15, -0.1) is 0 Å². The Bertz CT molecular complexity index is 562. The topological polar surface area (TPSA) is 42.4 Å². The van der Waals surface area contributed by atoms with Crippen LogP contribution in [0.3, 0.4) is 0 Å². The molecular formula is C13H11BrClNO2. The maximum Gasteiger partial charge on any atom is 0.143 e. The van der Waals surface area contributed by atoms with Gasteiger partial charge in [0.05, 0.1) is 7.11 Å². The summed E-state index contributed by atoms with van der Waals surface area (Å²) in [7, 11) is 1.54. The maximum atomic E-state index is 10.4. The number of nitrogens with zero attached hydrogens (tertiary/aromatic N) is 1. The summed E-state index contributed by atoms with van der Waals surface area (Å²) in [6.07, 6.45) is 0.716. The molecule has 0 saturated heterocycles. The molecule has 0 aliphatic heterocycles. The van der Waals surface area contributed by atoms with Gasteiger partial charge in [-0.25, -0.2) is 0 Å². The first-order valence-corrected chi connectivity index (χ1v) is 6.42. The van der Waals surface area contributed by atoms with E-state index in [1.807, 2.05) is 0 Å². The predicted octanol–water partition coefficient (Wildman–Crippen LogP) is 3.59. The number of ether oxygens (including phenoxy) is 1. The first kappa shape index (κ1) is 13.3. The van der Waals surface area contributed by atoms with Crippen LogP contribution in [0.2, 0.25) is 5.02 Å². The highest BCUT2D eigenvalue weighted by atomic mass is 79.9. The molecule has 2 rings (SSSR count). The van der Waals surface area contributed by atoms with Crippen molar-refractivity contribution in [3.05, 3.63) is 57.3 Å². The molecule has 0 radical (unpaired) electrons. The van der Waals surface area contributed by atoms with Crippen LogP contribution in [-0.2, 0) is 0 Å². The minimum atomic E-state index is -0.894. The van der Waals surface area contributed by atoms with Crippen LogP contribution in [0.5, 0.6) is 5.75 Å². The van der Waals surface area contributed by atoms with Crippen LogP contribution in [0.4, 0.5) is 0 Å². The third-order valence-electron chi connectivity index (χ3n) is 2.53. The lowest BCUT2D eigenvalue weighted by Gasteiger charge is -2.15. The van der Waals surface area contributed by atoms with E-state index >= 15 is 0 Å². The molecule has 1 unspecified atom stereocenters. The fraction of sp³-hybridized carbons (Fsp3) is 0.154. The Morgan fingerprint density at radius 2 is 2.17 bits per heavy atom. The standard InChI is InChI=1S/C13H11BrClNO2/c1-18-11-3-2-6-16-12(11)13(17)9-7-8(15)4-5-10(9)14/h2-7,13,17H,1H3. The molecule has 0 saturated carbocycles. The van der Waals surface area contributed by atoms with Crippen molar-refractivity contribution in [2.75, 3.05) is 7.11 Å². The molecule has 0 amide bonds. The number of hydrogen-bond donors (Lipinski definition) is 1. The fourth-order valence-electron chi connectivity index (χ4n) is 1.65. The van der Waals surface area contributed by atoms with Crippen molar-refractivity contribution >= 4 is 27.5 Å². The highest BCUT2D eigenvalue weighted by molar-refractivity contribution is 9.10. The molecule has 1 aromatic heterocycles. The molecule has 2 aromatic rings. The van der Waals surface area contributed by atoms with Gasteiger partial charge in [0.1, 0.15) is 17.5 Å². The minimum absolute atomic E-state index is 0.461. The van der Waals surface area contributed by atoms with Gasteiger partial charge in [0, 0.05) is 21.3 Å². The van der Waals surface area contributed by atoms with Gasteiger partial charge in [0.2, 0.25) is 0 Å². The largest absolute Gasteiger partial charge is 0.495 e. The molecule has 3 nitrogen and oxygen atoms in total. The number of aromatic nitrogens is 1. The molecule has 1 aromatic carbocycles. The summed E-state index contributed by atoms with van der Waals surface area (Å²) in [5.74, 6) is 0.539. The van der Waals surface area contributed by atoms with E-state index in [1.165, 1.54) is 0 Å². The molecule has 18 heavy (non-hydrogen) atoms. The van der Waals surface area contributed by atoms with Crippen molar-refractivity contribution in [2.24, 2.45) is 0 Å². The van der Waals surface area contributed by atoms with Gasteiger partial charge in [0.15, 0.2) is 0 Å². The number of aliphatic hydroxyl groups excluding tert-OH is 1. The number of pyridine rings is 1. The number of aliphatic hydroxyl groups is 1. The summed E-state index contributed by atoms with van der Waals surface area (Å²) in [6, 6.07) is 8.74. The van der Waals surface area contributed by atoms with E-state index in [1.54, 1.807) is 43.6 Å². The Hall–Kier alpha value is -1.10. The van der Waals surface area contributed by atoms with Gasteiger partial charge in [-0.2, -0.15) is 0 Å². The molecule has 1 atom stereocenters. The molecule has 0 aliphatic rings. The normalized spacial score (nSPS) is 12.2. The van der Waals surface area contributed by atoms with Gasteiger partial charge < -0.3 is 9.84 Å². The Kier molecular flexibility index (Phi) is 4.22. The summed E-state index contributed by atoms with van der Waals surface area (Å²) in [6.45, 7) is 0. The zero-order valence-electron chi connectivity index (χ0n) is 9.60. The van der Waals surface area contributed by atoms with E-state index in [0.717, 1.165) is 4.47 Å². The minimum Gasteiger partial charge on any atom is -0.495 e. The molecular weight excluding hydrogens is 318 g/mol. The lowest BCUT2D eigenvalue weighted by Crippen LogP contribution is -2.05. The molecule has 5 heteroatoms. The van der Waals surface area contributed by atoms with Crippen LogP contribution in [0.25, 0.3) is 0 Å². The van der Waals surface area contributed by atoms with E-state index in [4.69, 9.17) is 16.3 Å². The van der Waals surface area contributed by atoms with Gasteiger partial charge in [-0.05, 0) is 30.3 Å². The first-order valence-electron chi connectivity index (χ1n) is 5.25. The Balaban J connectivity index is 2.47. The van der Waals surface area contributed by atoms with Crippen LogP contribution in [0.15, 0.2) is 41.0 Å². The predicted molar refractivity (Wildman–Crippen MR) is 74.0 cm³/mol. The number of hydrogen-bond acceptors (Lipinski definition) is 3. The van der Waals surface area contributed by atoms with Crippen LogP contribution in [0, 0.1) is 0 Å². The molecule has 0 aliphatic carbocycles. The molecule has 0 fully saturated rings. The number of halogens is 2. The van der Waals surface area contributed by atoms with E-state index in [-0.39, 0.29) is 0 Å². The third-order valence-corrected chi connectivity index (χ3v) is 3.49. The van der Waals surface area contributed by atoms with Crippen LogP contribution >= 0.6 is 27.5 Å². The van der Waals surface area contributed by atoms with Crippen molar-refractivity contribution in [1.82, 2.24) is 4.98 Å². The summed E-state index contributed by atoms with van der Waals surface area (Å²) in [5.41, 5.74) is 1.11. The van der Waals surface area contributed by atoms with Crippen molar-refractivity contribution < 1.29 is 9.84 Å². The quantitative estimate of drug-likeness (QED) is 0.936. The fourth-order valence-corrected chi connectivity index (χ4v) is 2.30. The van der Waals surface area contributed by atoms with Crippen LogP contribution in [-0.4, -0.2) is 17.2 Å². The zero-order chi connectivity index (χ0) is 13.1. The van der Waals surface area contributed by atoms with Crippen molar-refractivity contribution in [2.45, 2.75) is 6.10 Å². The van der Waals surface area contributed by atoms with Gasteiger partial charge in [-0.1, -0.05) is 27.5 Å². The second-order valence-electron chi connectivity index (χ2n) is 3.66. The number of rotatable bonds is 3. The highest BCUT2D eigenvalue weighted by Crippen LogP contribution is 2.33. The number of methoxy groups -OCH3 is 1. The van der Waals surface area contributed by atoms with E-state index in [2.05, 4.69) is 20.9 Å². The lowest BCUT2D eigenvalue weighted by atomic mass is 10.1. The highest BCUT2D eigenvalue weighted by Gasteiger charge is 2.19. The molecule has 0 bridgehead atoms. The third kappa shape index (κ3) is 2.66. The second kappa shape index (κ2) is 5.69. The van der Waals surface area contributed by atoms with Crippen LogP contribution in [0.1, 0.15) is 17.4 Å². The lowest BCUT2D eigenvalue weighted by molar-refractivity contribution is 0.208. The first-order chi connectivity index (χ1) is 8.63. The Labute approximate surface area is 119 Å². The second-order valence-corrected chi connectivity index (χ2v) is 4.95. The van der Waals surface area contributed by atoms with Crippen molar-refractivity contribution in [1.29, 1.82) is 0 Å². The Morgan fingerprint density at radius 1 is 1.39 bits per heavy atom. The monoisotopic (exact) mass is 327 g/mol.